The van der Waals surface area contributed by atoms with Crippen LogP contribution in [0.25, 0.3) is 0 Å². The zero-order valence-electron chi connectivity index (χ0n) is 5.87. The molecular weight excluding hydrogens is 228 g/mol. The number of halogens is 1. The van der Waals surface area contributed by atoms with Gasteiger partial charge in [-0.2, -0.15) is 0 Å². The summed E-state index contributed by atoms with van der Waals surface area (Å²) in [7, 11) is 0. The van der Waals surface area contributed by atoms with E-state index in [1.165, 1.54) is 11.3 Å². The van der Waals surface area contributed by atoms with Gasteiger partial charge >= 0.3 is 0 Å². The van der Waals surface area contributed by atoms with Gasteiger partial charge in [0.2, 0.25) is 5.91 Å². The number of hydrogen-bond donors (Lipinski definition) is 1. The summed E-state index contributed by atoms with van der Waals surface area (Å²) >= 11 is 4.56. The molecule has 0 saturated carbocycles. The van der Waals surface area contributed by atoms with Crippen LogP contribution in [0.4, 0.5) is 5.13 Å². The summed E-state index contributed by atoms with van der Waals surface area (Å²) in [6.07, 6.45) is 1.65. The number of alkyl halides is 1. The molecule has 1 unspecified atom stereocenters. The van der Waals surface area contributed by atoms with Gasteiger partial charge in [-0.25, -0.2) is 4.98 Å². The highest BCUT2D eigenvalue weighted by molar-refractivity contribution is 9.10. The van der Waals surface area contributed by atoms with E-state index in [1.807, 2.05) is 5.38 Å². The Morgan fingerprint density at radius 1 is 1.91 bits per heavy atom. The number of nitrogens with one attached hydrogen (secondary N) is 1. The third-order valence-corrected chi connectivity index (χ3v) is 2.13. The highest BCUT2D eigenvalue weighted by Gasteiger charge is 2.08. The maximum Gasteiger partial charge on any atom is 0.239 e. The zero-order chi connectivity index (χ0) is 8.27. The third-order valence-electron chi connectivity index (χ3n) is 1.02. The zero-order valence-corrected chi connectivity index (χ0v) is 8.28. The molecule has 0 radical (unpaired) electrons. The lowest BCUT2D eigenvalue weighted by atomic mass is 10.5. The lowest BCUT2D eigenvalue weighted by Gasteiger charge is -2.01. The van der Waals surface area contributed by atoms with Crippen LogP contribution in [0.15, 0.2) is 11.6 Å². The van der Waals surface area contributed by atoms with Crippen molar-refractivity contribution in [2.24, 2.45) is 0 Å². The molecule has 1 amide bonds. The Bertz CT molecular complexity index is 235. The minimum absolute atomic E-state index is 0.0695. The Labute approximate surface area is 77.0 Å². The highest BCUT2D eigenvalue weighted by Crippen LogP contribution is 2.11. The Kier molecular flexibility index (Phi) is 3.02. The monoisotopic (exact) mass is 234 g/mol. The standard InChI is InChI=1S/C6H7BrN2OS/c1-4(7)5(10)9-6-8-2-3-11-6/h2-4H,1H3,(H,8,9,10). The second-order valence-electron chi connectivity index (χ2n) is 1.94. The number of carbonyl (C=O) groups excluding carboxylic acids is 1. The number of aromatic nitrogens is 1. The van der Waals surface area contributed by atoms with Crippen molar-refractivity contribution in [1.29, 1.82) is 0 Å². The maximum atomic E-state index is 11.0. The van der Waals surface area contributed by atoms with E-state index in [9.17, 15) is 4.79 Å². The predicted octanol–water partition coefficient (Wildman–Crippen LogP) is 1.86. The molecule has 0 bridgehead atoms. The van der Waals surface area contributed by atoms with Crippen molar-refractivity contribution < 1.29 is 4.79 Å². The summed E-state index contributed by atoms with van der Waals surface area (Å²) in [6.45, 7) is 1.77. The number of amides is 1. The van der Waals surface area contributed by atoms with Crippen molar-refractivity contribution in [2.75, 3.05) is 5.32 Å². The molecule has 1 aromatic heterocycles. The van der Waals surface area contributed by atoms with E-state index in [4.69, 9.17) is 0 Å². The van der Waals surface area contributed by atoms with Crippen molar-refractivity contribution >= 4 is 38.3 Å². The van der Waals surface area contributed by atoms with Crippen LogP contribution in [0, 0.1) is 0 Å². The summed E-state index contributed by atoms with van der Waals surface area (Å²) in [6, 6.07) is 0. The van der Waals surface area contributed by atoms with E-state index in [2.05, 4.69) is 26.2 Å². The largest absolute Gasteiger partial charge is 0.301 e. The Hall–Kier alpha value is -0.420. The molecule has 11 heavy (non-hydrogen) atoms. The van der Waals surface area contributed by atoms with Crippen LogP contribution < -0.4 is 5.32 Å². The van der Waals surface area contributed by atoms with Gasteiger partial charge < -0.3 is 5.32 Å². The van der Waals surface area contributed by atoms with E-state index in [1.54, 1.807) is 13.1 Å². The molecule has 0 aromatic carbocycles. The van der Waals surface area contributed by atoms with E-state index in [0.717, 1.165) is 0 Å². The van der Waals surface area contributed by atoms with Crippen molar-refractivity contribution in [3.63, 3.8) is 0 Å². The minimum atomic E-state index is -0.175. The van der Waals surface area contributed by atoms with Gasteiger partial charge in [0.15, 0.2) is 5.13 Å². The number of rotatable bonds is 2. The van der Waals surface area contributed by atoms with Gasteiger partial charge in [-0.15, -0.1) is 11.3 Å². The van der Waals surface area contributed by atoms with Crippen molar-refractivity contribution in [3.8, 4) is 0 Å². The second-order valence-corrected chi connectivity index (χ2v) is 4.21. The molecule has 1 aromatic rings. The smallest absolute Gasteiger partial charge is 0.239 e. The summed E-state index contributed by atoms with van der Waals surface area (Å²) < 4.78 is 0. The molecule has 0 spiro atoms. The summed E-state index contributed by atoms with van der Waals surface area (Å²) in [5, 5.41) is 5.10. The first-order chi connectivity index (χ1) is 5.20. The normalized spacial score (nSPS) is 12.5. The van der Waals surface area contributed by atoms with Gasteiger partial charge in [0.1, 0.15) is 0 Å². The molecule has 3 nitrogen and oxygen atoms in total. The molecule has 0 fully saturated rings. The summed E-state index contributed by atoms with van der Waals surface area (Å²) in [5.41, 5.74) is 0. The summed E-state index contributed by atoms with van der Waals surface area (Å²) in [4.78, 5) is 14.7. The first-order valence-electron chi connectivity index (χ1n) is 3.04. The van der Waals surface area contributed by atoms with E-state index in [-0.39, 0.29) is 10.7 Å². The Morgan fingerprint density at radius 2 is 2.64 bits per heavy atom. The van der Waals surface area contributed by atoms with Crippen molar-refractivity contribution in [2.45, 2.75) is 11.8 Å². The number of hydrogen-bond acceptors (Lipinski definition) is 3. The molecule has 60 valence electrons. The maximum absolute atomic E-state index is 11.0. The van der Waals surface area contributed by atoms with Crippen LogP contribution in [-0.2, 0) is 4.79 Å². The fraction of sp³-hybridized carbons (Fsp3) is 0.333. The predicted molar refractivity (Wildman–Crippen MR) is 49.1 cm³/mol. The third kappa shape index (κ3) is 2.59. The lowest BCUT2D eigenvalue weighted by molar-refractivity contribution is -0.115. The SMILES string of the molecule is CC(Br)C(=O)Nc1nccs1. The van der Waals surface area contributed by atoms with Crippen molar-refractivity contribution in [1.82, 2.24) is 4.98 Å². The van der Waals surface area contributed by atoms with Gasteiger partial charge in [-0.3, -0.25) is 4.79 Å². The molecule has 0 aliphatic carbocycles. The first-order valence-corrected chi connectivity index (χ1v) is 4.84. The molecule has 0 saturated heterocycles. The Morgan fingerprint density at radius 3 is 3.09 bits per heavy atom. The van der Waals surface area contributed by atoms with Crippen LogP contribution in [0.3, 0.4) is 0 Å². The van der Waals surface area contributed by atoms with Crippen LogP contribution in [0.5, 0.6) is 0 Å². The number of carbonyl (C=O) groups is 1. The van der Waals surface area contributed by atoms with E-state index >= 15 is 0 Å². The molecule has 0 aliphatic heterocycles. The number of anilines is 1. The molecule has 1 atom stereocenters. The van der Waals surface area contributed by atoms with Gasteiger partial charge in [-0.05, 0) is 6.92 Å². The fourth-order valence-corrected chi connectivity index (χ4v) is 1.14. The van der Waals surface area contributed by atoms with Crippen LogP contribution in [0.1, 0.15) is 6.92 Å². The molecular formula is C6H7BrN2OS. The average molecular weight is 235 g/mol. The molecule has 1 rings (SSSR count). The van der Waals surface area contributed by atoms with Crippen LogP contribution in [-0.4, -0.2) is 15.7 Å². The topological polar surface area (TPSA) is 42.0 Å². The van der Waals surface area contributed by atoms with Gasteiger partial charge in [-0.1, -0.05) is 15.9 Å². The van der Waals surface area contributed by atoms with E-state index in [0.29, 0.717) is 5.13 Å². The highest BCUT2D eigenvalue weighted by atomic mass is 79.9. The van der Waals surface area contributed by atoms with Crippen LogP contribution >= 0.6 is 27.3 Å². The molecule has 1 heterocycles. The fourth-order valence-electron chi connectivity index (χ4n) is 0.490. The molecule has 0 aliphatic rings. The molecule has 1 N–H and O–H groups in total. The van der Waals surface area contributed by atoms with E-state index < -0.39 is 0 Å². The second kappa shape index (κ2) is 3.82. The van der Waals surface area contributed by atoms with Gasteiger partial charge in [0, 0.05) is 11.6 Å². The number of thiazole rings is 1. The minimum Gasteiger partial charge on any atom is -0.301 e. The first kappa shape index (κ1) is 8.67. The van der Waals surface area contributed by atoms with Crippen LogP contribution in [0.2, 0.25) is 0 Å². The van der Waals surface area contributed by atoms with Gasteiger partial charge in [0.25, 0.3) is 0 Å². The summed E-state index contributed by atoms with van der Waals surface area (Å²) in [5.74, 6) is -0.0695. The van der Waals surface area contributed by atoms with Gasteiger partial charge in [0.05, 0.1) is 4.83 Å². The average Bonchev–Trinajstić information content (AvgIpc) is 2.39. The quantitative estimate of drug-likeness (QED) is 0.795. The lowest BCUT2D eigenvalue weighted by Crippen LogP contribution is -2.19. The van der Waals surface area contributed by atoms with Crippen molar-refractivity contribution in [3.05, 3.63) is 11.6 Å². The number of nitrogens with zero attached hydrogens (tertiary/aromatic N) is 1. The Balaban J connectivity index is 2.50. The molecule has 5 heteroatoms.